The summed E-state index contributed by atoms with van der Waals surface area (Å²) >= 11 is 1.78. The number of hydrogen-bond acceptors (Lipinski definition) is 3. The molecule has 0 amide bonds. The molecule has 26 heavy (non-hydrogen) atoms. The third kappa shape index (κ3) is 2.99. The molecule has 4 rings (SSSR count). The molecule has 1 aliphatic heterocycles. The van der Waals surface area contributed by atoms with E-state index >= 15 is 0 Å². The molecule has 1 unspecified atom stereocenters. The maximum Gasteiger partial charge on any atom is 0.123 e. The Morgan fingerprint density at radius 3 is 2.62 bits per heavy atom. The van der Waals surface area contributed by atoms with Crippen LogP contribution in [0, 0.1) is 5.82 Å². The molecular weight excluding hydrogens is 343 g/mol. The predicted molar refractivity (Wildman–Crippen MR) is 109 cm³/mol. The molecule has 1 aliphatic rings. The van der Waals surface area contributed by atoms with E-state index in [1.54, 1.807) is 11.3 Å². The fourth-order valence-corrected chi connectivity index (χ4v) is 4.80. The zero-order valence-electron chi connectivity index (χ0n) is 15.1. The third-order valence-electron chi connectivity index (χ3n) is 5.19. The van der Waals surface area contributed by atoms with Crippen LogP contribution in [0.2, 0.25) is 0 Å². The number of benzene rings is 2. The zero-order chi connectivity index (χ0) is 18.3. The van der Waals surface area contributed by atoms with E-state index in [2.05, 4.69) is 42.3 Å². The van der Waals surface area contributed by atoms with E-state index in [0.717, 1.165) is 29.9 Å². The fourth-order valence-electron chi connectivity index (χ4n) is 3.71. The van der Waals surface area contributed by atoms with Gasteiger partial charge in [0.15, 0.2) is 0 Å². The molecule has 1 atom stereocenters. The minimum atomic E-state index is -0.208. The maximum atomic E-state index is 13.4. The molecule has 0 aliphatic carbocycles. The highest BCUT2D eigenvalue weighted by atomic mass is 32.1. The summed E-state index contributed by atoms with van der Waals surface area (Å²) in [4.78, 5) is 3.70. The number of thiophene rings is 1. The minimum Gasteiger partial charge on any atom is -0.398 e. The van der Waals surface area contributed by atoms with E-state index in [0.29, 0.717) is 5.92 Å². The molecule has 3 aromatic rings. The van der Waals surface area contributed by atoms with Gasteiger partial charge < -0.3 is 10.6 Å². The molecule has 1 aromatic heterocycles. The minimum absolute atomic E-state index is 0.0721. The summed E-state index contributed by atoms with van der Waals surface area (Å²) in [6.45, 7) is 5.29. The van der Waals surface area contributed by atoms with Crippen molar-refractivity contribution in [3.05, 3.63) is 81.3 Å². The van der Waals surface area contributed by atoms with Crippen molar-refractivity contribution < 1.29 is 4.39 Å². The van der Waals surface area contributed by atoms with E-state index in [1.165, 1.54) is 28.1 Å². The molecule has 2 nitrogen and oxygen atoms in total. The van der Waals surface area contributed by atoms with Crippen LogP contribution in [0.5, 0.6) is 0 Å². The molecule has 2 N–H and O–H groups in total. The number of nitrogens with zero attached hydrogens (tertiary/aromatic N) is 1. The van der Waals surface area contributed by atoms with E-state index in [1.807, 2.05) is 18.2 Å². The summed E-state index contributed by atoms with van der Waals surface area (Å²) in [7, 11) is 0. The third-order valence-corrected chi connectivity index (χ3v) is 6.20. The topological polar surface area (TPSA) is 29.3 Å². The molecule has 2 aromatic carbocycles. The Morgan fingerprint density at radius 1 is 1.12 bits per heavy atom. The summed E-state index contributed by atoms with van der Waals surface area (Å²) in [5.74, 6) is 0.237. The summed E-state index contributed by atoms with van der Waals surface area (Å²) in [6, 6.07) is 15.5. The van der Waals surface area contributed by atoms with Gasteiger partial charge in [0.1, 0.15) is 5.82 Å². The first-order valence-corrected chi connectivity index (χ1v) is 9.90. The Morgan fingerprint density at radius 2 is 1.88 bits per heavy atom. The number of anilines is 2. The Labute approximate surface area is 158 Å². The molecule has 0 fully saturated rings. The molecule has 4 heteroatoms. The standard InChI is InChI=1S/C22H23FN2S/c1-14(2)16-3-8-20(24)19(13-16)21-22-15(10-12-26-22)9-11-25(21)18-6-4-17(23)5-7-18/h3-8,10,12-14,21H,9,11,24H2,1-2H3. The van der Waals surface area contributed by atoms with Crippen LogP contribution < -0.4 is 10.6 Å². The van der Waals surface area contributed by atoms with E-state index in [-0.39, 0.29) is 11.9 Å². The second kappa shape index (κ2) is 6.76. The molecule has 0 spiro atoms. The van der Waals surface area contributed by atoms with Crippen LogP contribution in [0.1, 0.15) is 47.4 Å². The van der Waals surface area contributed by atoms with Gasteiger partial charge in [0.05, 0.1) is 6.04 Å². The van der Waals surface area contributed by atoms with Crippen molar-refractivity contribution in [2.24, 2.45) is 0 Å². The zero-order valence-corrected chi connectivity index (χ0v) is 15.9. The first kappa shape index (κ1) is 17.1. The number of nitrogens with two attached hydrogens (primary N) is 1. The van der Waals surface area contributed by atoms with Crippen LogP contribution in [0.4, 0.5) is 15.8 Å². The van der Waals surface area contributed by atoms with Gasteiger partial charge in [-0.15, -0.1) is 11.3 Å². The van der Waals surface area contributed by atoms with Crippen LogP contribution in [0.25, 0.3) is 0 Å². The predicted octanol–water partition coefficient (Wildman–Crippen LogP) is 5.74. The van der Waals surface area contributed by atoms with Gasteiger partial charge in [-0.1, -0.05) is 26.0 Å². The van der Waals surface area contributed by atoms with Crippen molar-refractivity contribution in [2.45, 2.75) is 32.2 Å². The molecule has 134 valence electrons. The second-order valence-electron chi connectivity index (χ2n) is 7.18. The number of halogens is 1. The van der Waals surface area contributed by atoms with Gasteiger partial charge in [-0.3, -0.25) is 0 Å². The van der Waals surface area contributed by atoms with Crippen molar-refractivity contribution >= 4 is 22.7 Å². The monoisotopic (exact) mass is 366 g/mol. The van der Waals surface area contributed by atoms with Crippen LogP contribution in [0.3, 0.4) is 0 Å². The van der Waals surface area contributed by atoms with Gasteiger partial charge in [-0.25, -0.2) is 4.39 Å². The summed E-state index contributed by atoms with van der Waals surface area (Å²) in [5, 5.41) is 2.16. The maximum absolute atomic E-state index is 13.4. The Kier molecular flexibility index (Phi) is 4.45. The number of rotatable bonds is 3. The van der Waals surface area contributed by atoms with Crippen molar-refractivity contribution in [1.29, 1.82) is 0 Å². The van der Waals surface area contributed by atoms with E-state index < -0.39 is 0 Å². The Hall–Kier alpha value is -2.33. The first-order valence-electron chi connectivity index (χ1n) is 9.02. The van der Waals surface area contributed by atoms with Crippen LogP contribution in [0.15, 0.2) is 53.9 Å². The van der Waals surface area contributed by atoms with Crippen molar-refractivity contribution in [3.63, 3.8) is 0 Å². The Balaban J connectivity index is 1.86. The second-order valence-corrected chi connectivity index (χ2v) is 8.12. The van der Waals surface area contributed by atoms with Crippen molar-refractivity contribution in [2.75, 3.05) is 17.2 Å². The van der Waals surface area contributed by atoms with Crippen LogP contribution in [-0.2, 0) is 6.42 Å². The highest BCUT2D eigenvalue weighted by Crippen LogP contribution is 2.43. The van der Waals surface area contributed by atoms with Gasteiger partial charge in [-0.2, -0.15) is 0 Å². The van der Waals surface area contributed by atoms with E-state index in [4.69, 9.17) is 5.73 Å². The average Bonchev–Trinajstić information content (AvgIpc) is 3.11. The lowest BCUT2D eigenvalue weighted by atomic mass is 9.90. The average molecular weight is 367 g/mol. The summed E-state index contributed by atoms with van der Waals surface area (Å²) in [6.07, 6.45) is 0.997. The van der Waals surface area contributed by atoms with Gasteiger partial charge in [-0.05, 0) is 65.2 Å². The summed E-state index contributed by atoms with van der Waals surface area (Å²) < 4.78 is 13.4. The van der Waals surface area contributed by atoms with Crippen molar-refractivity contribution in [3.8, 4) is 0 Å². The van der Waals surface area contributed by atoms with E-state index in [9.17, 15) is 4.39 Å². The highest BCUT2D eigenvalue weighted by Gasteiger charge is 2.31. The van der Waals surface area contributed by atoms with Gasteiger partial charge in [0.2, 0.25) is 0 Å². The lowest BCUT2D eigenvalue weighted by Gasteiger charge is -2.38. The first-order chi connectivity index (χ1) is 12.5. The van der Waals surface area contributed by atoms with Crippen LogP contribution in [-0.4, -0.2) is 6.54 Å². The highest BCUT2D eigenvalue weighted by molar-refractivity contribution is 7.10. The lowest BCUT2D eigenvalue weighted by Crippen LogP contribution is -2.35. The normalized spacial score (nSPS) is 16.8. The smallest absolute Gasteiger partial charge is 0.123 e. The number of nitrogen functional groups attached to an aromatic ring is 1. The van der Waals surface area contributed by atoms with Gasteiger partial charge in [0, 0.05) is 28.4 Å². The largest absolute Gasteiger partial charge is 0.398 e. The van der Waals surface area contributed by atoms with Crippen LogP contribution >= 0.6 is 11.3 Å². The summed E-state index contributed by atoms with van der Waals surface area (Å²) in [5.41, 5.74) is 12.1. The number of fused-ring (bicyclic) bond motifs is 1. The van der Waals surface area contributed by atoms with Gasteiger partial charge >= 0.3 is 0 Å². The Bertz CT molecular complexity index is 914. The molecule has 0 saturated heterocycles. The molecule has 0 saturated carbocycles. The quantitative estimate of drug-likeness (QED) is 0.599. The molecule has 0 radical (unpaired) electrons. The lowest BCUT2D eigenvalue weighted by molar-refractivity contribution is 0.625. The molecular formula is C22H23FN2S. The molecule has 2 heterocycles. The molecule has 0 bridgehead atoms. The number of hydrogen-bond donors (Lipinski definition) is 1. The van der Waals surface area contributed by atoms with Gasteiger partial charge in [0.25, 0.3) is 0 Å². The fraction of sp³-hybridized carbons (Fsp3) is 0.273. The SMILES string of the molecule is CC(C)c1ccc(N)c(C2c3sccc3CCN2c2ccc(F)cc2)c1. The van der Waals surface area contributed by atoms with Crippen molar-refractivity contribution in [1.82, 2.24) is 0 Å².